The van der Waals surface area contributed by atoms with Crippen LogP contribution in [0.1, 0.15) is 12.8 Å². The van der Waals surface area contributed by atoms with Gasteiger partial charge in [-0.2, -0.15) is 17.0 Å². The van der Waals surface area contributed by atoms with E-state index in [1.165, 1.54) is 36.1 Å². The molecule has 0 radical (unpaired) electrons. The Kier molecular flexibility index (Phi) is 5.88. The molecule has 0 unspecified atom stereocenters. The molecule has 0 amide bonds. The van der Waals surface area contributed by atoms with Gasteiger partial charge in [0.15, 0.2) is 11.4 Å². The smallest absolute Gasteiger partial charge is 0.183 e. The summed E-state index contributed by atoms with van der Waals surface area (Å²) < 4.78 is 0. The average Bonchev–Trinajstić information content (AvgIpc) is 2.25. The number of thioether (sulfide) groups is 2. The second-order valence-corrected chi connectivity index (χ2v) is 5.16. The highest BCUT2D eigenvalue weighted by atomic mass is 32.2. The second-order valence-electron chi connectivity index (χ2n) is 3.14. The molecule has 5 heteroatoms. The van der Waals surface area contributed by atoms with E-state index in [0.717, 1.165) is 17.6 Å². The van der Waals surface area contributed by atoms with Crippen molar-refractivity contribution in [1.29, 1.82) is 5.26 Å². The summed E-state index contributed by atoms with van der Waals surface area (Å²) in [6.45, 7) is 0.866. The zero-order valence-corrected chi connectivity index (χ0v) is 9.96. The highest BCUT2D eigenvalue weighted by molar-refractivity contribution is 8.13. The van der Waals surface area contributed by atoms with Gasteiger partial charge in [0.25, 0.3) is 0 Å². The molecule has 1 aliphatic heterocycles. The molecular formula is C9H15N3S2. The molecule has 1 rings (SSSR count). The summed E-state index contributed by atoms with van der Waals surface area (Å²) in [7, 11) is 0. The van der Waals surface area contributed by atoms with Gasteiger partial charge in [-0.15, -0.1) is 0 Å². The van der Waals surface area contributed by atoms with Crippen molar-refractivity contribution in [3.05, 3.63) is 0 Å². The first-order valence-electron chi connectivity index (χ1n) is 4.68. The minimum Gasteiger partial charge on any atom is -0.272 e. The predicted octanol–water partition coefficient (Wildman–Crippen LogP) is 1.92. The zero-order valence-electron chi connectivity index (χ0n) is 8.32. The molecule has 0 atom stereocenters. The molecule has 1 fully saturated rings. The van der Waals surface area contributed by atoms with Crippen LogP contribution < -0.4 is 5.32 Å². The van der Waals surface area contributed by atoms with Crippen LogP contribution in [-0.2, 0) is 0 Å². The summed E-state index contributed by atoms with van der Waals surface area (Å²) in [5.41, 5.74) is 0. The van der Waals surface area contributed by atoms with Gasteiger partial charge in [0.05, 0.1) is 0 Å². The van der Waals surface area contributed by atoms with Gasteiger partial charge in [0.2, 0.25) is 0 Å². The van der Waals surface area contributed by atoms with Crippen molar-refractivity contribution >= 4 is 28.7 Å². The zero-order chi connectivity index (χ0) is 10.2. The van der Waals surface area contributed by atoms with Crippen molar-refractivity contribution in [2.24, 2.45) is 10.9 Å². The van der Waals surface area contributed by atoms with Gasteiger partial charge >= 0.3 is 0 Å². The molecule has 14 heavy (non-hydrogen) atoms. The van der Waals surface area contributed by atoms with Crippen molar-refractivity contribution in [1.82, 2.24) is 5.32 Å². The summed E-state index contributed by atoms with van der Waals surface area (Å²) in [5, 5.41) is 11.8. The van der Waals surface area contributed by atoms with Crippen LogP contribution in [0.25, 0.3) is 0 Å². The SMILES string of the molecule is CSC(=NCC1CCSCC1)NC#N. The van der Waals surface area contributed by atoms with E-state index in [0.29, 0.717) is 0 Å². The first-order chi connectivity index (χ1) is 6.86. The van der Waals surface area contributed by atoms with Gasteiger partial charge < -0.3 is 0 Å². The Morgan fingerprint density at radius 1 is 1.64 bits per heavy atom. The monoisotopic (exact) mass is 229 g/mol. The van der Waals surface area contributed by atoms with Crippen LogP contribution in [0.3, 0.4) is 0 Å². The third-order valence-corrected chi connectivity index (χ3v) is 3.86. The molecule has 3 nitrogen and oxygen atoms in total. The first-order valence-corrected chi connectivity index (χ1v) is 7.06. The van der Waals surface area contributed by atoms with Crippen LogP contribution in [0, 0.1) is 17.4 Å². The van der Waals surface area contributed by atoms with Crippen LogP contribution >= 0.6 is 23.5 Å². The third-order valence-electron chi connectivity index (χ3n) is 2.19. The van der Waals surface area contributed by atoms with Crippen LogP contribution in [0.15, 0.2) is 4.99 Å². The molecule has 1 N–H and O–H groups in total. The van der Waals surface area contributed by atoms with Crippen molar-refractivity contribution < 1.29 is 0 Å². The van der Waals surface area contributed by atoms with Gasteiger partial charge in [0.1, 0.15) is 0 Å². The van der Waals surface area contributed by atoms with Crippen LogP contribution in [-0.4, -0.2) is 29.5 Å². The molecule has 0 aromatic carbocycles. The van der Waals surface area contributed by atoms with E-state index in [9.17, 15) is 0 Å². The molecule has 0 aromatic rings. The number of nitrogens with zero attached hydrogens (tertiary/aromatic N) is 2. The quantitative estimate of drug-likeness (QED) is 0.340. The number of nitrogens with one attached hydrogen (secondary N) is 1. The predicted molar refractivity (Wildman–Crippen MR) is 64.6 cm³/mol. The number of hydrogen-bond acceptors (Lipinski definition) is 4. The Morgan fingerprint density at radius 3 is 2.93 bits per heavy atom. The Hall–Kier alpha value is -0.340. The minimum absolute atomic E-state index is 0.721. The molecule has 1 aliphatic rings. The van der Waals surface area contributed by atoms with Gasteiger partial charge in [-0.3, -0.25) is 10.3 Å². The van der Waals surface area contributed by atoms with Crippen molar-refractivity contribution in [3.8, 4) is 6.19 Å². The average molecular weight is 229 g/mol. The van der Waals surface area contributed by atoms with Crippen LogP contribution in [0.5, 0.6) is 0 Å². The molecular weight excluding hydrogens is 214 g/mol. The molecule has 1 heterocycles. The summed E-state index contributed by atoms with van der Waals surface area (Å²) in [6, 6.07) is 0. The maximum atomic E-state index is 8.45. The summed E-state index contributed by atoms with van der Waals surface area (Å²) >= 11 is 3.52. The molecule has 78 valence electrons. The van der Waals surface area contributed by atoms with Crippen molar-refractivity contribution in [3.63, 3.8) is 0 Å². The normalized spacial score (nSPS) is 19.0. The highest BCUT2D eigenvalue weighted by Gasteiger charge is 2.12. The lowest BCUT2D eigenvalue weighted by Crippen LogP contribution is -2.17. The minimum atomic E-state index is 0.721. The molecule has 0 aromatic heterocycles. The summed E-state index contributed by atoms with van der Waals surface area (Å²) in [5.74, 6) is 3.25. The fourth-order valence-electron chi connectivity index (χ4n) is 1.34. The Labute approximate surface area is 93.7 Å². The van der Waals surface area contributed by atoms with E-state index < -0.39 is 0 Å². The molecule has 0 bridgehead atoms. The topological polar surface area (TPSA) is 48.2 Å². The molecule has 0 spiro atoms. The molecule has 0 aliphatic carbocycles. The lowest BCUT2D eigenvalue weighted by molar-refractivity contribution is 0.503. The van der Waals surface area contributed by atoms with Crippen molar-refractivity contribution in [2.45, 2.75) is 12.8 Å². The van der Waals surface area contributed by atoms with Gasteiger partial charge in [-0.1, -0.05) is 11.8 Å². The summed E-state index contributed by atoms with van der Waals surface area (Å²) in [6.07, 6.45) is 6.36. The number of rotatable bonds is 2. The first kappa shape index (κ1) is 11.7. The van der Waals surface area contributed by atoms with Gasteiger partial charge in [-0.05, 0) is 36.5 Å². The number of amidine groups is 1. The fraction of sp³-hybridized carbons (Fsp3) is 0.778. The standard InChI is InChI=1S/C9H15N3S2/c1-13-9(12-7-10)11-6-8-2-4-14-5-3-8/h8H,2-6H2,1H3,(H,11,12). The lowest BCUT2D eigenvalue weighted by Gasteiger charge is -2.19. The van der Waals surface area contributed by atoms with E-state index in [-0.39, 0.29) is 0 Å². The fourth-order valence-corrected chi connectivity index (χ4v) is 2.90. The van der Waals surface area contributed by atoms with Crippen LogP contribution in [0.2, 0.25) is 0 Å². The largest absolute Gasteiger partial charge is 0.272 e. The Morgan fingerprint density at radius 2 is 2.36 bits per heavy atom. The van der Waals surface area contributed by atoms with E-state index in [1.54, 1.807) is 0 Å². The van der Waals surface area contributed by atoms with Crippen LogP contribution in [0.4, 0.5) is 0 Å². The maximum absolute atomic E-state index is 8.45. The van der Waals surface area contributed by atoms with Gasteiger partial charge in [0, 0.05) is 6.54 Å². The maximum Gasteiger partial charge on any atom is 0.183 e. The number of hydrogen-bond donors (Lipinski definition) is 1. The highest BCUT2D eigenvalue weighted by Crippen LogP contribution is 2.22. The second kappa shape index (κ2) is 7.02. The Bertz CT molecular complexity index is 229. The van der Waals surface area contributed by atoms with E-state index >= 15 is 0 Å². The molecule has 1 saturated heterocycles. The summed E-state index contributed by atoms with van der Waals surface area (Å²) in [4.78, 5) is 4.39. The van der Waals surface area contributed by atoms with E-state index in [2.05, 4.69) is 10.3 Å². The van der Waals surface area contributed by atoms with Crippen molar-refractivity contribution in [2.75, 3.05) is 24.3 Å². The van der Waals surface area contributed by atoms with E-state index in [4.69, 9.17) is 5.26 Å². The Balaban J connectivity index is 2.31. The molecule has 0 saturated carbocycles. The van der Waals surface area contributed by atoms with E-state index in [1.807, 2.05) is 24.2 Å². The van der Waals surface area contributed by atoms with Gasteiger partial charge in [-0.25, -0.2) is 0 Å². The number of aliphatic imine (C=N–C) groups is 1. The number of nitriles is 1. The third kappa shape index (κ3) is 4.25. The lowest BCUT2D eigenvalue weighted by atomic mass is 10.0.